The topological polar surface area (TPSA) is 38.5 Å². The molecule has 1 aliphatic heterocycles. The van der Waals surface area contributed by atoms with E-state index in [1.54, 1.807) is 0 Å². The zero-order valence-electron chi connectivity index (χ0n) is 9.11. The third kappa shape index (κ3) is 2.10. The van der Waals surface area contributed by atoms with Crippen LogP contribution in [0.4, 0.5) is 0 Å². The van der Waals surface area contributed by atoms with E-state index in [-0.39, 0.29) is 6.10 Å². The first kappa shape index (κ1) is 10.4. The second-order valence-electron chi connectivity index (χ2n) is 4.70. The van der Waals surface area contributed by atoms with Gasteiger partial charge in [-0.2, -0.15) is 0 Å². The average Bonchev–Trinajstić information content (AvgIpc) is 2.65. The molecule has 2 fully saturated rings. The van der Waals surface area contributed by atoms with Crippen molar-refractivity contribution in [1.82, 2.24) is 4.90 Å². The van der Waals surface area contributed by atoms with E-state index in [1.807, 2.05) is 0 Å². The lowest BCUT2D eigenvalue weighted by molar-refractivity contribution is -0.0428. The van der Waals surface area contributed by atoms with E-state index in [4.69, 9.17) is 10.5 Å². The van der Waals surface area contributed by atoms with E-state index in [9.17, 15) is 0 Å². The molecule has 0 aromatic heterocycles. The molecule has 3 nitrogen and oxygen atoms in total. The van der Waals surface area contributed by atoms with Crippen molar-refractivity contribution in [2.24, 2.45) is 11.7 Å². The van der Waals surface area contributed by atoms with Gasteiger partial charge in [-0.25, -0.2) is 0 Å². The summed E-state index contributed by atoms with van der Waals surface area (Å²) in [7, 11) is 0. The highest BCUT2D eigenvalue weighted by Gasteiger charge is 2.31. The maximum Gasteiger partial charge on any atom is 0.0824 e. The highest BCUT2D eigenvalue weighted by Crippen LogP contribution is 2.30. The molecule has 0 bridgehead atoms. The molecule has 3 atom stereocenters. The summed E-state index contributed by atoms with van der Waals surface area (Å²) in [5, 5.41) is 0. The van der Waals surface area contributed by atoms with Crippen LogP contribution in [0.2, 0.25) is 0 Å². The monoisotopic (exact) mass is 198 g/mol. The summed E-state index contributed by atoms with van der Waals surface area (Å²) >= 11 is 0. The number of hydrogen-bond acceptors (Lipinski definition) is 3. The fourth-order valence-electron chi connectivity index (χ4n) is 2.85. The molecule has 3 heteroatoms. The number of rotatable bonds is 2. The van der Waals surface area contributed by atoms with Crippen molar-refractivity contribution >= 4 is 0 Å². The standard InChI is InChI=1S/C11H22N2O/c1-9-3-2-4-11(9)13-5-6-14-10(7-12)8-13/h9-11H,2-8,12H2,1H3. The van der Waals surface area contributed by atoms with Gasteiger partial charge in [-0.1, -0.05) is 13.3 Å². The number of nitrogens with zero attached hydrogens (tertiary/aromatic N) is 1. The summed E-state index contributed by atoms with van der Waals surface area (Å²) in [4.78, 5) is 2.60. The second kappa shape index (κ2) is 4.60. The molecule has 0 aromatic rings. The lowest BCUT2D eigenvalue weighted by atomic mass is 10.0. The van der Waals surface area contributed by atoms with Gasteiger partial charge in [0, 0.05) is 25.7 Å². The van der Waals surface area contributed by atoms with E-state index in [2.05, 4.69) is 11.8 Å². The predicted octanol–water partition coefficient (Wildman–Crippen LogP) is 0.835. The van der Waals surface area contributed by atoms with Gasteiger partial charge in [-0.15, -0.1) is 0 Å². The Morgan fingerprint density at radius 2 is 2.29 bits per heavy atom. The zero-order valence-corrected chi connectivity index (χ0v) is 9.11. The molecule has 2 N–H and O–H groups in total. The Labute approximate surface area is 86.6 Å². The molecule has 1 aliphatic carbocycles. The Bertz CT molecular complexity index is 186. The largest absolute Gasteiger partial charge is 0.374 e. The SMILES string of the molecule is CC1CCCC1N1CCOC(CN)C1. The quantitative estimate of drug-likeness (QED) is 0.714. The van der Waals surface area contributed by atoms with Crippen LogP contribution >= 0.6 is 0 Å². The molecule has 1 saturated carbocycles. The van der Waals surface area contributed by atoms with Crippen molar-refractivity contribution in [1.29, 1.82) is 0 Å². The van der Waals surface area contributed by atoms with Crippen LogP contribution in [0, 0.1) is 5.92 Å². The van der Waals surface area contributed by atoms with Gasteiger partial charge in [0.1, 0.15) is 0 Å². The van der Waals surface area contributed by atoms with Crippen LogP contribution in [-0.2, 0) is 4.74 Å². The molecule has 14 heavy (non-hydrogen) atoms. The zero-order chi connectivity index (χ0) is 9.97. The van der Waals surface area contributed by atoms with Gasteiger partial charge in [-0.3, -0.25) is 4.90 Å². The third-order valence-corrected chi connectivity index (χ3v) is 3.72. The van der Waals surface area contributed by atoms with E-state index < -0.39 is 0 Å². The predicted molar refractivity (Wildman–Crippen MR) is 57.2 cm³/mol. The summed E-state index contributed by atoms with van der Waals surface area (Å²) in [5.74, 6) is 0.867. The van der Waals surface area contributed by atoms with E-state index in [0.29, 0.717) is 6.54 Å². The van der Waals surface area contributed by atoms with Crippen LogP contribution in [0.25, 0.3) is 0 Å². The third-order valence-electron chi connectivity index (χ3n) is 3.72. The van der Waals surface area contributed by atoms with E-state index >= 15 is 0 Å². The van der Waals surface area contributed by atoms with Crippen LogP contribution in [0.5, 0.6) is 0 Å². The molecule has 2 rings (SSSR count). The molecule has 82 valence electrons. The summed E-state index contributed by atoms with van der Waals surface area (Å²) in [5.41, 5.74) is 5.65. The number of ether oxygens (including phenoxy) is 1. The van der Waals surface area contributed by atoms with Crippen LogP contribution in [0.1, 0.15) is 26.2 Å². The smallest absolute Gasteiger partial charge is 0.0824 e. The normalized spacial score (nSPS) is 40.3. The van der Waals surface area contributed by atoms with Gasteiger partial charge in [-0.05, 0) is 18.8 Å². The van der Waals surface area contributed by atoms with E-state index in [1.165, 1.54) is 19.3 Å². The summed E-state index contributed by atoms with van der Waals surface area (Å²) < 4.78 is 5.59. The van der Waals surface area contributed by atoms with Crippen molar-refractivity contribution in [2.75, 3.05) is 26.2 Å². The highest BCUT2D eigenvalue weighted by atomic mass is 16.5. The Kier molecular flexibility index (Phi) is 3.42. The van der Waals surface area contributed by atoms with Crippen LogP contribution in [0.3, 0.4) is 0 Å². The van der Waals surface area contributed by atoms with Crippen molar-refractivity contribution in [3.63, 3.8) is 0 Å². The summed E-state index contributed by atoms with van der Waals surface area (Å²) in [6.07, 6.45) is 4.45. The van der Waals surface area contributed by atoms with Crippen molar-refractivity contribution in [3.8, 4) is 0 Å². The molecule has 2 aliphatic rings. The van der Waals surface area contributed by atoms with Gasteiger partial charge in [0.25, 0.3) is 0 Å². The maximum absolute atomic E-state index is 5.65. The van der Waals surface area contributed by atoms with Crippen LogP contribution in [0.15, 0.2) is 0 Å². The lowest BCUT2D eigenvalue weighted by Gasteiger charge is -2.38. The van der Waals surface area contributed by atoms with Gasteiger partial charge in [0.15, 0.2) is 0 Å². The van der Waals surface area contributed by atoms with Gasteiger partial charge in [0.2, 0.25) is 0 Å². The fourth-order valence-corrected chi connectivity index (χ4v) is 2.85. The first-order valence-corrected chi connectivity index (χ1v) is 5.87. The molecule has 0 spiro atoms. The first-order valence-electron chi connectivity index (χ1n) is 5.87. The minimum atomic E-state index is 0.275. The second-order valence-corrected chi connectivity index (χ2v) is 4.70. The Morgan fingerprint density at radius 3 is 2.93 bits per heavy atom. The molecular weight excluding hydrogens is 176 g/mol. The van der Waals surface area contributed by atoms with Gasteiger partial charge < -0.3 is 10.5 Å². The fraction of sp³-hybridized carbons (Fsp3) is 1.00. The summed E-state index contributed by atoms with van der Waals surface area (Å²) in [6.45, 7) is 6.06. The van der Waals surface area contributed by atoms with E-state index in [0.717, 1.165) is 31.7 Å². The molecule has 1 heterocycles. The molecule has 0 aromatic carbocycles. The van der Waals surface area contributed by atoms with Crippen molar-refractivity contribution in [2.45, 2.75) is 38.3 Å². The molecule has 1 saturated heterocycles. The number of morpholine rings is 1. The lowest BCUT2D eigenvalue weighted by Crippen LogP contribution is -2.50. The molecule has 0 amide bonds. The molecule has 0 radical (unpaired) electrons. The summed E-state index contributed by atoms with van der Waals surface area (Å²) in [6, 6.07) is 0.799. The minimum Gasteiger partial charge on any atom is -0.374 e. The Morgan fingerprint density at radius 1 is 1.43 bits per heavy atom. The Hall–Kier alpha value is -0.120. The van der Waals surface area contributed by atoms with Gasteiger partial charge >= 0.3 is 0 Å². The van der Waals surface area contributed by atoms with Gasteiger partial charge in [0.05, 0.1) is 12.7 Å². The number of nitrogens with two attached hydrogens (primary N) is 1. The number of hydrogen-bond donors (Lipinski definition) is 1. The van der Waals surface area contributed by atoms with Crippen LogP contribution in [-0.4, -0.2) is 43.3 Å². The highest BCUT2D eigenvalue weighted by molar-refractivity contribution is 4.86. The first-order chi connectivity index (χ1) is 6.81. The molecular formula is C11H22N2O. The van der Waals surface area contributed by atoms with Crippen molar-refractivity contribution < 1.29 is 4.74 Å². The average molecular weight is 198 g/mol. The Balaban J connectivity index is 1.90. The molecule has 3 unspecified atom stereocenters. The van der Waals surface area contributed by atoms with Crippen molar-refractivity contribution in [3.05, 3.63) is 0 Å². The maximum atomic E-state index is 5.65. The van der Waals surface area contributed by atoms with Crippen LogP contribution < -0.4 is 5.73 Å². The minimum absolute atomic E-state index is 0.275.